The number of benzene rings is 1. The maximum Gasteiger partial charge on any atom is 0.123 e. The van der Waals surface area contributed by atoms with E-state index in [0.717, 1.165) is 38.2 Å². The number of nitrogens with one attached hydrogen (secondary N) is 1. The fourth-order valence-corrected chi connectivity index (χ4v) is 2.28. The minimum Gasteiger partial charge on any atom is -0.304 e. The second-order valence-corrected chi connectivity index (χ2v) is 4.94. The summed E-state index contributed by atoms with van der Waals surface area (Å²) in [5, 5.41) is 2.25. The summed E-state index contributed by atoms with van der Waals surface area (Å²) >= 11 is 0. The number of halogens is 1. The van der Waals surface area contributed by atoms with Crippen LogP contribution in [0, 0.1) is 5.82 Å². The Bertz CT molecular complexity index is 375. The van der Waals surface area contributed by atoms with E-state index in [4.69, 9.17) is 0 Å². The van der Waals surface area contributed by atoms with E-state index < -0.39 is 0 Å². The van der Waals surface area contributed by atoms with E-state index in [0.29, 0.717) is 0 Å². The van der Waals surface area contributed by atoms with Gasteiger partial charge in [0.25, 0.3) is 0 Å². The molecular weight excluding hydrogens is 229 g/mol. The van der Waals surface area contributed by atoms with Crippen molar-refractivity contribution in [1.82, 2.24) is 15.3 Å². The third-order valence-electron chi connectivity index (χ3n) is 3.50. The van der Waals surface area contributed by atoms with Crippen LogP contribution in [0.2, 0.25) is 0 Å². The molecule has 0 amide bonds. The van der Waals surface area contributed by atoms with Crippen LogP contribution in [0.5, 0.6) is 0 Å². The van der Waals surface area contributed by atoms with Crippen LogP contribution in [0.15, 0.2) is 24.3 Å². The van der Waals surface area contributed by atoms with Crippen molar-refractivity contribution in [2.75, 3.05) is 33.2 Å². The minimum absolute atomic E-state index is 0.161. The number of hydrazine groups is 1. The smallest absolute Gasteiger partial charge is 0.123 e. The summed E-state index contributed by atoms with van der Waals surface area (Å²) in [6, 6.07) is 7.08. The Morgan fingerprint density at radius 3 is 2.61 bits per heavy atom. The number of hydrogen-bond acceptors (Lipinski definition) is 3. The van der Waals surface area contributed by atoms with Crippen LogP contribution in [0.1, 0.15) is 24.9 Å². The van der Waals surface area contributed by atoms with Gasteiger partial charge in [0.05, 0.1) is 0 Å². The molecule has 0 aliphatic carbocycles. The lowest BCUT2D eigenvalue weighted by Gasteiger charge is -2.35. The highest BCUT2D eigenvalue weighted by molar-refractivity contribution is 5.19. The van der Waals surface area contributed by atoms with Crippen molar-refractivity contribution in [2.45, 2.75) is 19.4 Å². The zero-order chi connectivity index (χ0) is 13.0. The number of piperazine rings is 1. The normalized spacial score (nSPS) is 19.9. The molecule has 1 fully saturated rings. The summed E-state index contributed by atoms with van der Waals surface area (Å²) in [5.74, 6) is -0.161. The Balaban J connectivity index is 1.97. The molecule has 1 aliphatic rings. The highest BCUT2D eigenvalue weighted by Crippen LogP contribution is 2.18. The van der Waals surface area contributed by atoms with Crippen LogP contribution in [-0.4, -0.2) is 43.1 Å². The highest BCUT2D eigenvalue weighted by Gasteiger charge is 2.17. The standard InChI is InChI=1S/C14H22FN3/c1-3-14(12-5-4-6-13(15)11-12)16-18-9-7-17(2)8-10-18/h4-6,11,14,16H,3,7-10H2,1-2H3. The van der Waals surface area contributed by atoms with E-state index in [1.54, 1.807) is 12.1 Å². The Labute approximate surface area is 109 Å². The summed E-state index contributed by atoms with van der Waals surface area (Å²) in [6.45, 7) is 6.31. The van der Waals surface area contributed by atoms with Crippen molar-refractivity contribution >= 4 is 0 Å². The first-order chi connectivity index (χ1) is 8.69. The molecule has 100 valence electrons. The van der Waals surface area contributed by atoms with Crippen LogP contribution in [0.3, 0.4) is 0 Å². The first kappa shape index (κ1) is 13.5. The fourth-order valence-electron chi connectivity index (χ4n) is 2.28. The molecule has 1 aliphatic heterocycles. The van der Waals surface area contributed by atoms with Crippen molar-refractivity contribution in [2.24, 2.45) is 0 Å². The fraction of sp³-hybridized carbons (Fsp3) is 0.571. The predicted octanol–water partition coefficient (Wildman–Crippen LogP) is 2.03. The van der Waals surface area contributed by atoms with Gasteiger partial charge in [0, 0.05) is 32.2 Å². The van der Waals surface area contributed by atoms with Gasteiger partial charge in [-0.05, 0) is 31.2 Å². The van der Waals surface area contributed by atoms with E-state index in [-0.39, 0.29) is 11.9 Å². The Kier molecular flexibility index (Phi) is 4.69. The molecule has 0 radical (unpaired) electrons. The molecule has 1 unspecified atom stereocenters. The molecule has 4 heteroatoms. The van der Waals surface area contributed by atoms with E-state index in [2.05, 4.69) is 29.3 Å². The van der Waals surface area contributed by atoms with Gasteiger partial charge in [0.2, 0.25) is 0 Å². The lowest BCUT2D eigenvalue weighted by molar-refractivity contribution is 0.0856. The van der Waals surface area contributed by atoms with Gasteiger partial charge in [-0.3, -0.25) is 0 Å². The third kappa shape index (κ3) is 3.51. The summed E-state index contributed by atoms with van der Waals surface area (Å²) < 4.78 is 13.2. The minimum atomic E-state index is -0.161. The second-order valence-electron chi connectivity index (χ2n) is 4.94. The number of rotatable bonds is 4. The van der Waals surface area contributed by atoms with Gasteiger partial charge < -0.3 is 4.90 Å². The number of nitrogens with zero attached hydrogens (tertiary/aromatic N) is 2. The molecule has 0 bridgehead atoms. The molecule has 1 heterocycles. The average Bonchev–Trinajstić information content (AvgIpc) is 2.38. The van der Waals surface area contributed by atoms with Crippen molar-refractivity contribution in [3.8, 4) is 0 Å². The van der Waals surface area contributed by atoms with Crippen LogP contribution in [0.4, 0.5) is 4.39 Å². The van der Waals surface area contributed by atoms with Crippen molar-refractivity contribution in [3.63, 3.8) is 0 Å². The Hall–Kier alpha value is -0.970. The molecule has 3 nitrogen and oxygen atoms in total. The SMILES string of the molecule is CCC(NN1CCN(C)CC1)c1cccc(F)c1. The van der Waals surface area contributed by atoms with Gasteiger partial charge in [0.15, 0.2) is 0 Å². The van der Waals surface area contributed by atoms with Gasteiger partial charge in [-0.15, -0.1) is 0 Å². The zero-order valence-corrected chi connectivity index (χ0v) is 11.2. The summed E-state index contributed by atoms with van der Waals surface area (Å²) in [5.41, 5.74) is 4.53. The summed E-state index contributed by atoms with van der Waals surface area (Å²) in [6.07, 6.45) is 0.954. The van der Waals surface area contributed by atoms with E-state index >= 15 is 0 Å². The Morgan fingerprint density at radius 1 is 1.28 bits per heavy atom. The molecule has 1 atom stereocenters. The molecule has 1 aromatic carbocycles. The summed E-state index contributed by atoms with van der Waals surface area (Å²) in [4.78, 5) is 2.32. The number of hydrogen-bond donors (Lipinski definition) is 1. The van der Waals surface area contributed by atoms with E-state index in [9.17, 15) is 4.39 Å². The van der Waals surface area contributed by atoms with E-state index in [1.807, 2.05) is 6.07 Å². The lowest BCUT2D eigenvalue weighted by atomic mass is 10.1. The van der Waals surface area contributed by atoms with Gasteiger partial charge in [0.1, 0.15) is 5.82 Å². The first-order valence-electron chi connectivity index (χ1n) is 6.64. The highest BCUT2D eigenvalue weighted by atomic mass is 19.1. The average molecular weight is 251 g/mol. The summed E-state index contributed by atoms with van der Waals surface area (Å²) in [7, 11) is 2.14. The molecular formula is C14H22FN3. The van der Waals surface area contributed by atoms with Crippen LogP contribution in [0.25, 0.3) is 0 Å². The zero-order valence-electron chi connectivity index (χ0n) is 11.2. The second kappa shape index (κ2) is 6.27. The maximum atomic E-state index is 13.2. The molecule has 0 spiro atoms. The van der Waals surface area contributed by atoms with Gasteiger partial charge in [-0.1, -0.05) is 19.1 Å². The largest absolute Gasteiger partial charge is 0.304 e. The molecule has 0 aromatic heterocycles. The molecule has 0 saturated carbocycles. The number of likely N-dealkylation sites (N-methyl/N-ethyl adjacent to an activating group) is 1. The van der Waals surface area contributed by atoms with Crippen molar-refractivity contribution < 1.29 is 4.39 Å². The topological polar surface area (TPSA) is 18.5 Å². The predicted molar refractivity (Wildman–Crippen MR) is 71.6 cm³/mol. The van der Waals surface area contributed by atoms with Gasteiger partial charge in [-0.25, -0.2) is 14.8 Å². The molecule has 1 N–H and O–H groups in total. The van der Waals surface area contributed by atoms with Crippen molar-refractivity contribution in [3.05, 3.63) is 35.6 Å². The third-order valence-corrected chi connectivity index (χ3v) is 3.50. The van der Waals surface area contributed by atoms with Crippen molar-refractivity contribution in [1.29, 1.82) is 0 Å². The van der Waals surface area contributed by atoms with Crippen LogP contribution in [-0.2, 0) is 0 Å². The quantitative estimate of drug-likeness (QED) is 0.883. The lowest BCUT2D eigenvalue weighted by Crippen LogP contribution is -2.51. The van der Waals surface area contributed by atoms with E-state index in [1.165, 1.54) is 6.07 Å². The maximum absolute atomic E-state index is 13.2. The Morgan fingerprint density at radius 2 is 2.00 bits per heavy atom. The van der Waals surface area contributed by atoms with Crippen LogP contribution < -0.4 is 5.43 Å². The first-order valence-corrected chi connectivity index (χ1v) is 6.64. The monoisotopic (exact) mass is 251 g/mol. The molecule has 1 aromatic rings. The molecule has 1 saturated heterocycles. The molecule has 18 heavy (non-hydrogen) atoms. The van der Waals surface area contributed by atoms with Crippen LogP contribution >= 0.6 is 0 Å². The van der Waals surface area contributed by atoms with Gasteiger partial charge in [-0.2, -0.15) is 0 Å². The molecule has 2 rings (SSSR count). The van der Waals surface area contributed by atoms with Gasteiger partial charge >= 0.3 is 0 Å².